The van der Waals surface area contributed by atoms with Gasteiger partial charge in [-0.25, -0.2) is 0 Å². The third-order valence-electron chi connectivity index (χ3n) is 9.18. The van der Waals surface area contributed by atoms with Crippen LogP contribution in [0.25, 0.3) is 43.6 Å². The molecule has 0 saturated carbocycles. The fourth-order valence-corrected chi connectivity index (χ4v) is 7.63. The van der Waals surface area contributed by atoms with Crippen molar-refractivity contribution in [1.82, 2.24) is 4.98 Å². The van der Waals surface area contributed by atoms with Crippen LogP contribution in [0.2, 0.25) is 0 Å². The van der Waals surface area contributed by atoms with Crippen molar-refractivity contribution in [2.45, 2.75) is 41.5 Å². The van der Waals surface area contributed by atoms with Crippen molar-refractivity contribution < 1.29 is 0 Å². The highest BCUT2D eigenvalue weighted by Gasteiger charge is 2.28. The fourth-order valence-electron chi connectivity index (χ4n) is 7.63. The SMILES string of the molecule is Cc1cc(C)c(B(c2cccc(-c3cc4cnc5ccccc5c4c4ccccc34)c2)c2c(C)cc(C)cc2C)c(C)c1. The van der Waals surface area contributed by atoms with E-state index in [1.165, 1.54) is 87.8 Å². The number of para-hydroxylation sites is 1. The summed E-state index contributed by atoms with van der Waals surface area (Å²) in [6.45, 7) is 13.6. The van der Waals surface area contributed by atoms with Crippen LogP contribution in [0.3, 0.4) is 0 Å². The number of pyridine rings is 1. The predicted octanol–water partition coefficient (Wildman–Crippen LogP) is 8.57. The Hall–Kier alpha value is -4.69. The Morgan fingerprint density at radius 1 is 0.512 bits per heavy atom. The zero-order chi connectivity index (χ0) is 29.8. The van der Waals surface area contributed by atoms with E-state index in [1.54, 1.807) is 0 Å². The largest absolute Gasteiger partial charge is 0.256 e. The topological polar surface area (TPSA) is 12.9 Å². The molecular weight excluding hydrogens is 517 g/mol. The average Bonchev–Trinajstić information content (AvgIpc) is 2.98. The summed E-state index contributed by atoms with van der Waals surface area (Å²) >= 11 is 0. The van der Waals surface area contributed by atoms with Gasteiger partial charge in [-0.15, -0.1) is 0 Å². The number of fused-ring (bicyclic) bond motifs is 5. The zero-order valence-corrected chi connectivity index (χ0v) is 25.9. The molecule has 6 aromatic carbocycles. The molecule has 0 unspecified atom stereocenters. The summed E-state index contributed by atoms with van der Waals surface area (Å²) in [6, 6.07) is 38.3. The lowest BCUT2D eigenvalue weighted by Gasteiger charge is -2.25. The number of benzene rings is 6. The average molecular weight is 554 g/mol. The molecule has 0 N–H and O–H groups in total. The minimum atomic E-state index is 0.137. The normalized spacial score (nSPS) is 11.5. The van der Waals surface area contributed by atoms with E-state index in [0.717, 1.165) is 5.52 Å². The number of aromatic nitrogens is 1. The van der Waals surface area contributed by atoms with E-state index in [-0.39, 0.29) is 6.71 Å². The van der Waals surface area contributed by atoms with Crippen molar-refractivity contribution in [2.75, 3.05) is 0 Å². The van der Waals surface area contributed by atoms with Gasteiger partial charge in [-0.05, 0) is 75.6 Å². The van der Waals surface area contributed by atoms with Gasteiger partial charge in [-0.3, -0.25) is 4.98 Å². The first-order valence-corrected chi connectivity index (χ1v) is 15.2. The Bertz CT molecular complexity index is 2100. The third kappa shape index (κ3) is 4.62. The van der Waals surface area contributed by atoms with Crippen LogP contribution >= 0.6 is 0 Å². The Morgan fingerprint density at radius 2 is 1.07 bits per heavy atom. The standard InChI is InChI=1S/C41H36BN/c1-25-18-27(3)40(28(4)19-25)42(41-29(5)20-26(2)21-30(41)6)33-13-11-12-31(22-33)37-23-32-24-43-38-17-10-9-16-36(38)39(32)35-15-8-7-14-34(35)37/h7-24H,1-6H3. The Morgan fingerprint density at radius 3 is 1.70 bits per heavy atom. The number of nitrogens with zero attached hydrogens (tertiary/aromatic N) is 1. The van der Waals surface area contributed by atoms with Gasteiger partial charge in [0, 0.05) is 22.4 Å². The molecule has 0 spiro atoms. The van der Waals surface area contributed by atoms with Gasteiger partial charge in [0.25, 0.3) is 0 Å². The number of hydrogen-bond donors (Lipinski definition) is 0. The Kier molecular flexibility index (Phi) is 6.66. The molecule has 2 heteroatoms. The van der Waals surface area contributed by atoms with Gasteiger partial charge in [0.1, 0.15) is 0 Å². The highest BCUT2D eigenvalue weighted by Crippen LogP contribution is 2.37. The molecule has 0 aliphatic carbocycles. The molecule has 0 atom stereocenters. The summed E-state index contributed by atoms with van der Waals surface area (Å²) in [6.07, 6.45) is 2.04. The molecule has 43 heavy (non-hydrogen) atoms. The Labute approximate surface area is 255 Å². The minimum Gasteiger partial charge on any atom is -0.256 e. The molecule has 7 rings (SSSR count). The first-order valence-electron chi connectivity index (χ1n) is 15.2. The van der Waals surface area contributed by atoms with Gasteiger partial charge in [0.15, 0.2) is 0 Å². The third-order valence-corrected chi connectivity index (χ3v) is 9.18. The van der Waals surface area contributed by atoms with Crippen LogP contribution in [0.5, 0.6) is 0 Å². The van der Waals surface area contributed by atoms with Gasteiger partial charge >= 0.3 is 0 Å². The van der Waals surface area contributed by atoms with Crippen LogP contribution in [0, 0.1) is 41.5 Å². The second-order valence-corrected chi connectivity index (χ2v) is 12.4. The van der Waals surface area contributed by atoms with E-state index >= 15 is 0 Å². The fraction of sp³-hybridized carbons (Fsp3) is 0.146. The summed E-state index contributed by atoms with van der Waals surface area (Å²) in [5, 5.41) is 6.18. The van der Waals surface area contributed by atoms with Gasteiger partial charge in [0.2, 0.25) is 6.71 Å². The predicted molar refractivity (Wildman–Crippen MR) is 188 cm³/mol. The van der Waals surface area contributed by atoms with Crippen molar-refractivity contribution in [2.24, 2.45) is 0 Å². The van der Waals surface area contributed by atoms with Crippen molar-refractivity contribution >= 4 is 55.5 Å². The molecule has 1 aromatic heterocycles. The zero-order valence-electron chi connectivity index (χ0n) is 25.9. The number of hydrogen-bond acceptors (Lipinski definition) is 1. The summed E-state index contributed by atoms with van der Waals surface area (Å²) in [4.78, 5) is 4.83. The van der Waals surface area contributed by atoms with Crippen LogP contribution in [0.15, 0.2) is 109 Å². The van der Waals surface area contributed by atoms with E-state index in [9.17, 15) is 0 Å². The first kappa shape index (κ1) is 27.2. The molecule has 1 nitrogen and oxygen atoms in total. The molecule has 1 heterocycles. The van der Waals surface area contributed by atoms with E-state index in [4.69, 9.17) is 4.98 Å². The molecule has 0 saturated heterocycles. The van der Waals surface area contributed by atoms with Crippen molar-refractivity contribution in [3.63, 3.8) is 0 Å². The van der Waals surface area contributed by atoms with Gasteiger partial charge < -0.3 is 0 Å². The van der Waals surface area contributed by atoms with Crippen LogP contribution in [-0.2, 0) is 0 Å². The molecule has 0 bridgehead atoms. The van der Waals surface area contributed by atoms with E-state index in [1.807, 2.05) is 6.20 Å². The van der Waals surface area contributed by atoms with Gasteiger partial charge in [-0.1, -0.05) is 141 Å². The van der Waals surface area contributed by atoms with Crippen LogP contribution in [-0.4, -0.2) is 11.7 Å². The molecule has 0 aliphatic heterocycles. The van der Waals surface area contributed by atoms with Crippen molar-refractivity contribution in [3.05, 3.63) is 143 Å². The monoisotopic (exact) mass is 553 g/mol. The maximum atomic E-state index is 4.83. The lowest BCUT2D eigenvalue weighted by atomic mass is 9.34. The first-order chi connectivity index (χ1) is 20.8. The lowest BCUT2D eigenvalue weighted by Crippen LogP contribution is -2.55. The maximum absolute atomic E-state index is 4.83. The molecule has 0 fully saturated rings. The number of aryl methyl sites for hydroxylation is 6. The van der Waals surface area contributed by atoms with Crippen LogP contribution in [0.4, 0.5) is 0 Å². The maximum Gasteiger partial charge on any atom is 0.242 e. The second kappa shape index (κ2) is 10.5. The van der Waals surface area contributed by atoms with Crippen LogP contribution in [0.1, 0.15) is 33.4 Å². The summed E-state index contributed by atoms with van der Waals surface area (Å²) in [7, 11) is 0. The second-order valence-electron chi connectivity index (χ2n) is 12.4. The smallest absolute Gasteiger partial charge is 0.242 e. The molecule has 0 aliphatic rings. The number of rotatable bonds is 4. The molecular formula is C41H36BN. The van der Waals surface area contributed by atoms with Gasteiger partial charge in [0.05, 0.1) is 5.52 Å². The van der Waals surface area contributed by atoms with Crippen molar-refractivity contribution in [3.8, 4) is 11.1 Å². The minimum absolute atomic E-state index is 0.137. The Balaban J connectivity index is 1.50. The highest BCUT2D eigenvalue weighted by molar-refractivity contribution is 6.96. The molecule has 7 aromatic rings. The van der Waals surface area contributed by atoms with Crippen molar-refractivity contribution in [1.29, 1.82) is 0 Å². The quantitative estimate of drug-likeness (QED) is 0.157. The van der Waals surface area contributed by atoms with E-state index in [2.05, 4.69) is 145 Å². The summed E-state index contributed by atoms with van der Waals surface area (Å²) in [5.41, 5.74) is 15.7. The molecule has 0 amide bonds. The summed E-state index contributed by atoms with van der Waals surface area (Å²) < 4.78 is 0. The summed E-state index contributed by atoms with van der Waals surface area (Å²) in [5.74, 6) is 0. The molecule has 0 radical (unpaired) electrons. The van der Waals surface area contributed by atoms with E-state index < -0.39 is 0 Å². The lowest BCUT2D eigenvalue weighted by molar-refractivity contribution is 1.34. The highest BCUT2D eigenvalue weighted by atomic mass is 14.6. The van der Waals surface area contributed by atoms with E-state index in [0.29, 0.717) is 0 Å². The molecule has 208 valence electrons. The van der Waals surface area contributed by atoms with Crippen LogP contribution < -0.4 is 16.4 Å². The van der Waals surface area contributed by atoms with Gasteiger partial charge in [-0.2, -0.15) is 0 Å².